The van der Waals surface area contributed by atoms with Crippen LogP contribution in [0.5, 0.6) is 0 Å². The summed E-state index contributed by atoms with van der Waals surface area (Å²) in [6.45, 7) is 1.67. The molecule has 2 fully saturated rings. The van der Waals surface area contributed by atoms with E-state index >= 15 is 0 Å². The number of anilines is 2. The Morgan fingerprint density at radius 3 is 2.53 bits per heavy atom. The fourth-order valence-electron chi connectivity index (χ4n) is 5.38. The molecular formula is C22H19F2N9O. The van der Waals surface area contributed by atoms with Gasteiger partial charge in [-0.15, -0.1) is 5.10 Å². The Balaban J connectivity index is 1.02. The molecular weight excluding hydrogens is 444 g/mol. The van der Waals surface area contributed by atoms with Crippen LogP contribution < -0.4 is 10.2 Å². The molecule has 2 N–H and O–H groups in total. The summed E-state index contributed by atoms with van der Waals surface area (Å²) < 4.78 is 33.0. The number of hydrogen-bond donors (Lipinski definition) is 2. The molecule has 3 aromatic heterocycles. The van der Waals surface area contributed by atoms with E-state index in [1.807, 2.05) is 0 Å². The number of halogens is 2. The standard InChI is InChI=1S/C22H19F2N9O/c23-15-5-10-3-12(4-11(10)6-16(15)24)27-21-25-2-1-17(28-21)20-30-31-22(34-20)33-8-13-14(9-33)19(13)18-7-26-32-29-18/h1-2,5-7,12-14,19H,3-4,8-9H2,(H,25,27,28)(H,26,29,32). The molecule has 0 radical (unpaired) electrons. The van der Waals surface area contributed by atoms with Crippen molar-refractivity contribution in [3.63, 3.8) is 0 Å². The van der Waals surface area contributed by atoms with Crippen LogP contribution in [0.1, 0.15) is 22.7 Å². The van der Waals surface area contributed by atoms with Crippen LogP contribution in [-0.4, -0.2) is 54.7 Å². The highest BCUT2D eigenvalue weighted by Crippen LogP contribution is 2.58. The number of benzene rings is 1. The van der Waals surface area contributed by atoms with E-state index in [9.17, 15) is 8.78 Å². The van der Waals surface area contributed by atoms with E-state index in [-0.39, 0.29) is 6.04 Å². The van der Waals surface area contributed by atoms with Gasteiger partial charge in [0.1, 0.15) is 5.69 Å². The summed E-state index contributed by atoms with van der Waals surface area (Å²) >= 11 is 0. The van der Waals surface area contributed by atoms with Crippen molar-refractivity contribution in [1.82, 2.24) is 35.6 Å². The van der Waals surface area contributed by atoms with E-state index in [0.717, 1.165) is 29.9 Å². The van der Waals surface area contributed by atoms with Crippen molar-refractivity contribution in [2.45, 2.75) is 24.8 Å². The minimum atomic E-state index is -0.825. The molecule has 1 aromatic carbocycles. The maximum atomic E-state index is 13.5. The summed E-state index contributed by atoms with van der Waals surface area (Å²) in [5.41, 5.74) is 3.11. The molecule has 4 heterocycles. The number of aromatic amines is 1. The summed E-state index contributed by atoms with van der Waals surface area (Å²) in [4.78, 5) is 10.9. The molecule has 2 aliphatic carbocycles. The average Bonchev–Trinajstić information content (AvgIpc) is 3.45. The Morgan fingerprint density at radius 2 is 1.82 bits per heavy atom. The third kappa shape index (κ3) is 3.20. The highest BCUT2D eigenvalue weighted by Gasteiger charge is 2.58. The summed E-state index contributed by atoms with van der Waals surface area (Å²) in [5, 5.41) is 22.4. The number of fused-ring (bicyclic) bond motifs is 2. The molecule has 10 nitrogen and oxygen atoms in total. The van der Waals surface area contributed by atoms with Gasteiger partial charge in [0, 0.05) is 31.2 Å². The lowest BCUT2D eigenvalue weighted by molar-refractivity contribution is 0.507. The largest absolute Gasteiger partial charge is 0.402 e. The van der Waals surface area contributed by atoms with Gasteiger partial charge in [-0.1, -0.05) is 5.10 Å². The minimum absolute atomic E-state index is 0.0568. The van der Waals surface area contributed by atoms with Crippen LogP contribution in [0.2, 0.25) is 0 Å². The fourth-order valence-corrected chi connectivity index (χ4v) is 5.38. The highest BCUT2D eigenvalue weighted by atomic mass is 19.2. The maximum absolute atomic E-state index is 13.5. The molecule has 0 spiro atoms. The number of piperidine rings is 1. The number of nitrogens with one attached hydrogen (secondary N) is 2. The lowest BCUT2D eigenvalue weighted by atomic mass is 10.1. The third-order valence-electron chi connectivity index (χ3n) is 7.04. The van der Waals surface area contributed by atoms with Crippen LogP contribution in [-0.2, 0) is 12.8 Å². The van der Waals surface area contributed by atoms with Gasteiger partial charge in [0.2, 0.25) is 5.95 Å². The second kappa shape index (κ2) is 7.27. The van der Waals surface area contributed by atoms with Crippen molar-refractivity contribution in [2.75, 3.05) is 23.3 Å². The smallest absolute Gasteiger partial charge is 0.318 e. The second-order valence-corrected chi connectivity index (χ2v) is 9.09. The van der Waals surface area contributed by atoms with E-state index in [4.69, 9.17) is 4.42 Å². The van der Waals surface area contributed by atoms with Crippen LogP contribution >= 0.6 is 0 Å². The lowest BCUT2D eigenvalue weighted by Gasteiger charge is -2.15. The first-order chi connectivity index (χ1) is 16.6. The van der Waals surface area contributed by atoms with Crippen molar-refractivity contribution in [1.29, 1.82) is 0 Å². The van der Waals surface area contributed by atoms with Crippen LogP contribution in [0.3, 0.4) is 0 Å². The van der Waals surface area contributed by atoms with Gasteiger partial charge in [0.25, 0.3) is 5.89 Å². The molecule has 1 saturated carbocycles. The summed E-state index contributed by atoms with van der Waals surface area (Å²) in [5.74, 6) is 0.549. The SMILES string of the molecule is Fc1cc2c(cc1F)CC(Nc1nccc(-c3nnc(N4CC5C(C4)C5c4cn[nH]n4)o3)n1)C2. The number of nitrogens with zero attached hydrogens (tertiary/aromatic N) is 7. The number of rotatable bonds is 5. The van der Waals surface area contributed by atoms with Crippen LogP contribution in [0.4, 0.5) is 20.7 Å². The molecule has 4 aromatic rings. The van der Waals surface area contributed by atoms with Gasteiger partial charge in [-0.2, -0.15) is 15.4 Å². The molecule has 2 unspecified atom stereocenters. The fraction of sp³-hybridized carbons (Fsp3) is 0.364. The van der Waals surface area contributed by atoms with Crippen molar-refractivity contribution >= 4 is 12.0 Å². The quantitative estimate of drug-likeness (QED) is 0.459. The molecule has 3 aliphatic rings. The monoisotopic (exact) mass is 463 g/mol. The minimum Gasteiger partial charge on any atom is -0.402 e. The molecule has 172 valence electrons. The van der Waals surface area contributed by atoms with E-state index in [1.54, 1.807) is 18.5 Å². The first-order valence-corrected chi connectivity index (χ1v) is 11.1. The molecule has 7 rings (SSSR count). The molecule has 2 atom stereocenters. The highest BCUT2D eigenvalue weighted by molar-refractivity contribution is 5.51. The van der Waals surface area contributed by atoms with Crippen LogP contribution in [0.15, 0.2) is 35.0 Å². The van der Waals surface area contributed by atoms with Crippen molar-refractivity contribution in [3.8, 4) is 11.6 Å². The van der Waals surface area contributed by atoms with E-state index in [2.05, 4.69) is 45.8 Å². The van der Waals surface area contributed by atoms with Gasteiger partial charge in [0.05, 0.1) is 11.9 Å². The maximum Gasteiger partial charge on any atom is 0.318 e. The first-order valence-electron chi connectivity index (χ1n) is 11.1. The normalized spacial score (nSPS) is 23.2. The van der Waals surface area contributed by atoms with Crippen molar-refractivity contribution in [2.24, 2.45) is 11.8 Å². The van der Waals surface area contributed by atoms with Crippen molar-refractivity contribution < 1.29 is 13.2 Å². The average molecular weight is 463 g/mol. The number of hydrogen-bond acceptors (Lipinski definition) is 9. The van der Waals surface area contributed by atoms with Crippen LogP contribution in [0.25, 0.3) is 11.6 Å². The molecule has 1 aliphatic heterocycles. The first kappa shape index (κ1) is 19.5. The van der Waals surface area contributed by atoms with Gasteiger partial charge >= 0.3 is 6.01 Å². The molecule has 0 amide bonds. The Hall–Kier alpha value is -3.96. The Morgan fingerprint density at radius 1 is 1.06 bits per heavy atom. The topological polar surface area (TPSA) is 122 Å². The summed E-state index contributed by atoms with van der Waals surface area (Å²) in [6.07, 6.45) is 4.54. The van der Waals surface area contributed by atoms with Crippen LogP contribution in [0, 0.1) is 23.5 Å². The molecule has 1 saturated heterocycles. The predicted molar refractivity (Wildman–Crippen MR) is 115 cm³/mol. The zero-order chi connectivity index (χ0) is 22.8. The Bertz CT molecular complexity index is 1330. The van der Waals surface area contributed by atoms with E-state index in [1.165, 1.54) is 12.1 Å². The zero-order valence-electron chi connectivity index (χ0n) is 17.8. The number of aromatic nitrogens is 7. The second-order valence-electron chi connectivity index (χ2n) is 9.09. The predicted octanol–water partition coefficient (Wildman–Crippen LogP) is 2.35. The van der Waals surface area contributed by atoms with Gasteiger partial charge in [-0.25, -0.2) is 18.7 Å². The van der Waals surface area contributed by atoms with Gasteiger partial charge in [-0.05, 0) is 54.0 Å². The van der Waals surface area contributed by atoms with E-state index < -0.39 is 11.6 Å². The van der Waals surface area contributed by atoms with Gasteiger partial charge in [0.15, 0.2) is 11.6 Å². The van der Waals surface area contributed by atoms with E-state index in [0.29, 0.717) is 54.1 Å². The van der Waals surface area contributed by atoms with Gasteiger partial charge < -0.3 is 14.6 Å². The van der Waals surface area contributed by atoms with Crippen molar-refractivity contribution in [3.05, 3.63) is 59.0 Å². The summed E-state index contributed by atoms with van der Waals surface area (Å²) in [6, 6.07) is 4.65. The third-order valence-corrected chi connectivity index (χ3v) is 7.04. The Kier molecular flexibility index (Phi) is 4.17. The molecule has 0 bridgehead atoms. The zero-order valence-corrected chi connectivity index (χ0v) is 17.8. The van der Waals surface area contributed by atoms with Gasteiger partial charge in [-0.3, -0.25) is 0 Å². The molecule has 34 heavy (non-hydrogen) atoms. The molecule has 12 heteroatoms. The Labute approximate surface area is 191 Å². The lowest BCUT2D eigenvalue weighted by Crippen LogP contribution is -2.23. The number of H-pyrrole nitrogens is 1. The summed E-state index contributed by atoms with van der Waals surface area (Å²) in [7, 11) is 0.